The first-order valence-corrected chi connectivity index (χ1v) is 7.75. The van der Waals surface area contributed by atoms with Crippen LogP contribution >= 0.6 is 0 Å². The predicted octanol–water partition coefficient (Wildman–Crippen LogP) is 1.89. The second kappa shape index (κ2) is 5.96. The van der Waals surface area contributed by atoms with Gasteiger partial charge in [-0.15, -0.1) is 4.80 Å². The number of benzene rings is 1. The Morgan fingerprint density at radius 2 is 2.08 bits per heavy atom. The van der Waals surface area contributed by atoms with Gasteiger partial charge in [0.15, 0.2) is 5.82 Å². The van der Waals surface area contributed by atoms with Gasteiger partial charge in [-0.2, -0.15) is 10.2 Å². The number of carbonyl (C=O) groups is 1. The van der Waals surface area contributed by atoms with Gasteiger partial charge in [0.25, 0.3) is 5.91 Å². The van der Waals surface area contributed by atoms with Crippen LogP contribution in [0.5, 0.6) is 0 Å². The Bertz CT molecular complexity index is 1120. The maximum absolute atomic E-state index is 15.0. The van der Waals surface area contributed by atoms with Crippen molar-refractivity contribution in [3.05, 3.63) is 54.2 Å². The number of aromatic amines is 1. The molecule has 1 aromatic carbocycles. The number of nitrogens with two attached hydrogens (primary N) is 1. The lowest BCUT2D eigenvalue weighted by molar-refractivity contribution is 0.0964. The number of amides is 1. The zero-order valence-electron chi connectivity index (χ0n) is 13.7. The predicted molar refractivity (Wildman–Crippen MR) is 94.2 cm³/mol. The van der Waals surface area contributed by atoms with Crippen molar-refractivity contribution in [3.8, 4) is 16.9 Å². The lowest BCUT2D eigenvalue weighted by Gasteiger charge is -2.06. The summed E-state index contributed by atoms with van der Waals surface area (Å²) < 4.78 is 15.0. The SMILES string of the molecule is CNC(=O)c1cnc(N)c2[nH]c(-c3cccc(-n4nccn4)c3F)cc12. The Morgan fingerprint density at radius 1 is 1.31 bits per heavy atom. The van der Waals surface area contributed by atoms with Crippen molar-refractivity contribution >= 4 is 22.6 Å². The summed E-state index contributed by atoms with van der Waals surface area (Å²) in [7, 11) is 1.53. The second-order valence-corrected chi connectivity index (χ2v) is 5.57. The average Bonchev–Trinajstić information content (AvgIpc) is 3.32. The number of hydrogen-bond acceptors (Lipinski definition) is 5. The standard InChI is InChI=1S/C17H14FN7O/c1-20-17(26)11-8-21-16(19)15-10(11)7-12(24-15)9-3-2-4-13(14(9)18)25-22-5-6-23-25/h2-8,24H,1H3,(H2,19,21)(H,20,26). The van der Waals surface area contributed by atoms with Crippen molar-refractivity contribution in [2.24, 2.45) is 0 Å². The molecule has 4 N–H and O–H groups in total. The molecule has 1 amide bonds. The van der Waals surface area contributed by atoms with Crippen molar-refractivity contribution in [2.45, 2.75) is 0 Å². The number of rotatable bonds is 3. The highest BCUT2D eigenvalue weighted by Crippen LogP contribution is 2.31. The van der Waals surface area contributed by atoms with E-state index in [1.54, 1.807) is 24.3 Å². The van der Waals surface area contributed by atoms with E-state index in [9.17, 15) is 4.79 Å². The Labute approximate surface area is 146 Å². The van der Waals surface area contributed by atoms with Crippen molar-refractivity contribution < 1.29 is 9.18 Å². The molecule has 3 aromatic heterocycles. The Morgan fingerprint density at radius 3 is 2.81 bits per heavy atom. The topological polar surface area (TPSA) is 115 Å². The van der Waals surface area contributed by atoms with Gasteiger partial charge in [-0.25, -0.2) is 9.37 Å². The summed E-state index contributed by atoms with van der Waals surface area (Å²) in [4.78, 5) is 20.3. The van der Waals surface area contributed by atoms with Gasteiger partial charge < -0.3 is 16.0 Å². The Balaban J connectivity index is 1.92. The van der Waals surface area contributed by atoms with E-state index in [1.807, 2.05) is 0 Å². The van der Waals surface area contributed by atoms with Gasteiger partial charge in [0.1, 0.15) is 11.5 Å². The quantitative estimate of drug-likeness (QED) is 0.521. The van der Waals surface area contributed by atoms with Crippen LogP contribution in [0.1, 0.15) is 10.4 Å². The van der Waals surface area contributed by atoms with Crippen LogP contribution in [-0.2, 0) is 0 Å². The van der Waals surface area contributed by atoms with Crippen molar-refractivity contribution in [1.82, 2.24) is 30.3 Å². The van der Waals surface area contributed by atoms with Gasteiger partial charge >= 0.3 is 0 Å². The summed E-state index contributed by atoms with van der Waals surface area (Å²) in [5, 5.41) is 11.0. The highest BCUT2D eigenvalue weighted by molar-refractivity contribution is 6.09. The van der Waals surface area contributed by atoms with Crippen LogP contribution in [-0.4, -0.2) is 37.9 Å². The number of hydrogen-bond donors (Lipinski definition) is 3. The number of fused-ring (bicyclic) bond motifs is 1. The smallest absolute Gasteiger partial charge is 0.253 e. The fourth-order valence-electron chi connectivity index (χ4n) is 2.82. The van der Waals surface area contributed by atoms with Gasteiger partial charge in [0.05, 0.1) is 23.5 Å². The summed E-state index contributed by atoms with van der Waals surface area (Å²) in [6.07, 6.45) is 4.34. The first-order valence-electron chi connectivity index (χ1n) is 7.75. The number of aromatic nitrogens is 5. The summed E-state index contributed by atoms with van der Waals surface area (Å²) >= 11 is 0. The molecular formula is C17H14FN7O. The molecule has 0 aliphatic rings. The van der Waals surface area contributed by atoms with Crippen molar-refractivity contribution in [2.75, 3.05) is 12.8 Å². The molecule has 0 aliphatic heterocycles. The van der Waals surface area contributed by atoms with Gasteiger partial charge in [0, 0.05) is 29.9 Å². The number of anilines is 1. The molecule has 9 heteroatoms. The minimum absolute atomic E-state index is 0.212. The number of halogens is 1. The molecule has 0 unspecified atom stereocenters. The van der Waals surface area contributed by atoms with E-state index < -0.39 is 5.82 Å². The largest absolute Gasteiger partial charge is 0.382 e. The third kappa shape index (κ3) is 2.37. The molecule has 4 rings (SSSR count). The van der Waals surface area contributed by atoms with E-state index >= 15 is 4.39 Å². The summed E-state index contributed by atoms with van der Waals surface area (Å²) in [6.45, 7) is 0. The van der Waals surface area contributed by atoms with E-state index in [0.29, 0.717) is 27.7 Å². The Hall–Kier alpha value is -3.75. The molecular weight excluding hydrogens is 337 g/mol. The molecule has 0 aliphatic carbocycles. The number of nitrogens with one attached hydrogen (secondary N) is 2. The van der Waals surface area contributed by atoms with Crippen LogP contribution in [0.4, 0.5) is 10.2 Å². The maximum Gasteiger partial charge on any atom is 0.253 e. The minimum atomic E-state index is -0.497. The molecule has 0 atom stereocenters. The van der Waals surface area contributed by atoms with Crippen LogP contribution in [0.25, 0.3) is 27.8 Å². The van der Waals surface area contributed by atoms with Crippen LogP contribution in [0.3, 0.4) is 0 Å². The lowest BCUT2D eigenvalue weighted by Crippen LogP contribution is -2.18. The van der Waals surface area contributed by atoms with E-state index in [4.69, 9.17) is 5.73 Å². The van der Waals surface area contributed by atoms with Crippen LogP contribution < -0.4 is 11.1 Å². The molecule has 3 heterocycles. The lowest BCUT2D eigenvalue weighted by atomic mass is 10.1. The second-order valence-electron chi connectivity index (χ2n) is 5.57. The molecule has 26 heavy (non-hydrogen) atoms. The van der Waals surface area contributed by atoms with Crippen LogP contribution in [0.2, 0.25) is 0 Å². The van der Waals surface area contributed by atoms with Gasteiger partial charge in [0.2, 0.25) is 0 Å². The van der Waals surface area contributed by atoms with E-state index in [0.717, 1.165) is 0 Å². The molecule has 0 bridgehead atoms. The van der Waals surface area contributed by atoms with E-state index in [-0.39, 0.29) is 17.4 Å². The highest BCUT2D eigenvalue weighted by Gasteiger charge is 2.18. The van der Waals surface area contributed by atoms with Gasteiger partial charge in [-0.05, 0) is 18.2 Å². The zero-order chi connectivity index (χ0) is 18.3. The fraction of sp³-hybridized carbons (Fsp3) is 0.0588. The zero-order valence-corrected chi connectivity index (χ0v) is 13.7. The number of nitrogens with zero attached hydrogens (tertiary/aromatic N) is 4. The number of carbonyl (C=O) groups excluding carboxylic acids is 1. The molecule has 8 nitrogen and oxygen atoms in total. The van der Waals surface area contributed by atoms with Gasteiger partial charge in [-0.1, -0.05) is 6.07 Å². The first-order chi connectivity index (χ1) is 12.6. The molecule has 4 aromatic rings. The summed E-state index contributed by atoms with van der Waals surface area (Å²) in [5.41, 5.74) is 7.72. The van der Waals surface area contributed by atoms with Gasteiger partial charge in [-0.3, -0.25) is 4.79 Å². The van der Waals surface area contributed by atoms with Crippen molar-refractivity contribution in [3.63, 3.8) is 0 Å². The molecule has 0 saturated heterocycles. The molecule has 0 radical (unpaired) electrons. The third-order valence-electron chi connectivity index (χ3n) is 4.07. The molecule has 0 spiro atoms. The van der Waals surface area contributed by atoms with Crippen LogP contribution in [0, 0.1) is 5.82 Å². The highest BCUT2D eigenvalue weighted by atomic mass is 19.1. The monoisotopic (exact) mass is 351 g/mol. The van der Waals surface area contributed by atoms with E-state index in [2.05, 4.69) is 25.5 Å². The number of H-pyrrole nitrogens is 1. The molecule has 0 fully saturated rings. The Kier molecular flexibility index (Phi) is 3.61. The van der Waals surface area contributed by atoms with Crippen LogP contribution in [0.15, 0.2) is 42.9 Å². The van der Waals surface area contributed by atoms with E-state index in [1.165, 1.54) is 30.4 Å². The summed E-state index contributed by atoms with van der Waals surface area (Å²) in [6, 6.07) is 6.57. The molecule has 0 saturated carbocycles. The number of nitrogen functional groups attached to an aromatic ring is 1. The minimum Gasteiger partial charge on any atom is -0.382 e. The summed E-state index contributed by atoms with van der Waals surface area (Å²) in [5.74, 6) is -0.574. The van der Waals surface area contributed by atoms with Crippen molar-refractivity contribution in [1.29, 1.82) is 0 Å². The third-order valence-corrected chi connectivity index (χ3v) is 4.07. The molecule has 130 valence electrons. The average molecular weight is 351 g/mol. The first kappa shape index (κ1) is 15.8. The fourth-order valence-corrected chi connectivity index (χ4v) is 2.82. The normalized spacial score (nSPS) is 11.0. The number of pyridine rings is 1. The maximum atomic E-state index is 15.0.